The summed E-state index contributed by atoms with van der Waals surface area (Å²) < 4.78 is 258. The highest BCUT2D eigenvalue weighted by Crippen LogP contribution is 2.64. The van der Waals surface area contributed by atoms with E-state index in [1.165, 1.54) is 0 Å². The number of hydrogen-bond donors (Lipinski definition) is 2. The van der Waals surface area contributed by atoms with Crippen molar-refractivity contribution in [1.29, 1.82) is 0 Å². The van der Waals surface area contributed by atoms with Crippen LogP contribution in [0, 0.1) is 0 Å². The molecule has 0 saturated heterocycles. The Labute approximate surface area is 200 Å². The first-order chi connectivity index (χ1) is 16.4. The number of alkyl halides is 18. The van der Waals surface area contributed by atoms with E-state index in [0.29, 0.717) is 0 Å². The molecule has 0 radical (unpaired) electrons. The van der Waals surface area contributed by atoms with Crippen molar-refractivity contribution in [3.8, 4) is 0 Å². The zero-order valence-electron chi connectivity index (χ0n) is 17.5. The third-order valence-corrected chi connectivity index (χ3v) is 4.84. The van der Waals surface area contributed by atoms with Gasteiger partial charge in [-0.15, -0.1) is 13.2 Å². The molecule has 0 atom stereocenters. The zero-order chi connectivity index (χ0) is 31.6. The molecule has 0 amide bonds. The molecule has 23 heteroatoms. The maximum Gasteiger partial charge on any atom is 0.438 e. The predicted molar refractivity (Wildman–Crippen MR) is 90.4 cm³/mol. The summed E-state index contributed by atoms with van der Waals surface area (Å²) in [5.74, 6) is -60.2. The standard InChI is InChI=1S/C9H2F18O3S.C6H11N/c10-1(11)2(12,13)3(14,15)4(16,17)5(18,19)6(20,21)7(22,23)8(24,25)9(26,27)31(28,29)30;1-3-5-7-6-4-2/h1H,(H,28,29,30);3-4,7H,1-2,5-6H2. The average Bonchev–Trinajstić information content (AvgIpc) is 2.72. The first-order valence-corrected chi connectivity index (χ1v) is 10.00. The van der Waals surface area contributed by atoms with Gasteiger partial charge < -0.3 is 5.32 Å². The van der Waals surface area contributed by atoms with Crippen LogP contribution < -0.4 is 5.32 Å². The molecule has 4 nitrogen and oxygen atoms in total. The second-order valence-electron chi connectivity index (χ2n) is 6.60. The van der Waals surface area contributed by atoms with Gasteiger partial charge in [-0.1, -0.05) is 12.2 Å². The molecule has 0 saturated carbocycles. The van der Waals surface area contributed by atoms with Crippen molar-refractivity contribution < 1.29 is 92.0 Å². The van der Waals surface area contributed by atoms with Crippen LogP contribution in [0.4, 0.5) is 79.0 Å². The molecule has 0 bridgehead atoms. The zero-order valence-corrected chi connectivity index (χ0v) is 18.4. The van der Waals surface area contributed by atoms with E-state index in [9.17, 15) is 87.4 Å². The van der Waals surface area contributed by atoms with Gasteiger partial charge in [0.2, 0.25) is 0 Å². The summed E-state index contributed by atoms with van der Waals surface area (Å²) in [6.07, 6.45) is -2.43. The fourth-order valence-electron chi connectivity index (χ4n) is 1.77. The summed E-state index contributed by atoms with van der Waals surface area (Å²) in [6.45, 7) is 8.81. The van der Waals surface area contributed by atoms with Gasteiger partial charge in [-0.2, -0.15) is 78.7 Å². The average molecular weight is 629 g/mol. The molecule has 0 heterocycles. The van der Waals surface area contributed by atoms with Crippen molar-refractivity contribution in [2.24, 2.45) is 0 Å². The van der Waals surface area contributed by atoms with Gasteiger partial charge in [-0.05, 0) is 0 Å². The van der Waals surface area contributed by atoms with Crippen LogP contribution in [0.25, 0.3) is 0 Å². The summed E-state index contributed by atoms with van der Waals surface area (Å²) in [5.41, 5.74) is 0. The van der Waals surface area contributed by atoms with E-state index in [1.807, 2.05) is 12.2 Å². The normalized spacial score (nSPS) is 15.2. The maximum absolute atomic E-state index is 13.2. The largest absolute Gasteiger partial charge is 0.438 e. The van der Waals surface area contributed by atoms with Gasteiger partial charge in [0.15, 0.2) is 0 Å². The molecule has 0 aromatic rings. The third kappa shape index (κ3) is 5.82. The van der Waals surface area contributed by atoms with E-state index in [2.05, 4.69) is 18.5 Å². The van der Waals surface area contributed by atoms with E-state index in [0.717, 1.165) is 13.1 Å². The third-order valence-electron chi connectivity index (χ3n) is 3.93. The Hall–Kier alpha value is -1.91. The lowest BCUT2D eigenvalue weighted by Crippen LogP contribution is -2.75. The van der Waals surface area contributed by atoms with Crippen LogP contribution in [0.2, 0.25) is 0 Å². The summed E-state index contributed by atoms with van der Waals surface area (Å²) in [7, 11) is -7.94. The lowest BCUT2D eigenvalue weighted by molar-refractivity contribution is -0.453. The van der Waals surface area contributed by atoms with Crippen molar-refractivity contribution in [2.75, 3.05) is 13.1 Å². The Balaban J connectivity index is 0. The predicted octanol–water partition coefficient (Wildman–Crippen LogP) is 6.13. The molecule has 0 spiro atoms. The van der Waals surface area contributed by atoms with Crippen molar-refractivity contribution in [1.82, 2.24) is 5.32 Å². The van der Waals surface area contributed by atoms with Crippen molar-refractivity contribution in [3.63, 3.8) is 0 Å². The molecule has 38 heavy (non-hydrogen) atoms. The summed E-state index contributed by atoms with van der Waals surface area (Å²) in [5, 5.41) is -4.85. The quantitative estimate of drug-likeness (QED) is 0.112. The minimum Gasteiger partial charge on any atom is -0.310 e. The van der Waals surface area contributed by atoms with Crippen LogP contribution in [0.5, 0.6) is 0 Å². The Bertz CT molecular complexity index is 923. The molecule has 0 aliphatic carbocycles. The van der Waals surface area contributed by atoms with Crippen LogP contribution in [-0.2, 0) is 10.1 Å². The van der Waals surface area contributed by atoms with Gasteiger partial charge in [-0.25, -0.2) is 8.78 Å². The number of hydrogen-bond acceptors (Lipinski definition) is 3. The summed E-state index contributed by atoms with van der Waals surface area (Å²) in [4.78, 5) is 0. The van der Waals surface area contributed by atoms with Crippen molar-refractivity contribution >= 4 is 10.1 Å². The first kappa shape index (κ1) is 38.2. The Morgan fingerprint density at radius 1 is 0.605 bits per heavy atom. The molecule has 2 N–H and O–H groups in total. The van der Waals surface area contributed by atoms with Gasteiger partial charge in [0.05, 0.1) is 0 Å². The highest BCUT2D eigenvalue weighted by molar-refractivity contribution is 7.87. The van der Waals surface area contributed by atoms with Crippen LogP contribution >= 0.6 is 0 Å². The number of rotatable bonds is 13. The highest BCUT2D eigenvalue weighted by atomic mass is 32.2. The van der Waals surface area contributed by atoms with Crippen LogP contribution in [0.3, 0.4) is 0 Å². The van der Waals surface area contributed by atoms with E-state index in [1.54, 1.807) is 0 Å². The fraction of sp³-hybridized carbons (Fsp3) is 0.733. The van der Waals surface area contributed by atoms with E-state index in [4.69, 9.17) is 4.55 Å². The van der Waals surface area contributed by atoms with Gasteiger partial charge in [-0.3, -0.25) is 4.55 Å². The summed E-state index contributed by atoms with van der Waals surface area (Å²) >= 11 is 0. The Kier molecular flexibility index (Phi) is 11.4. The van der Waals surface area contributed by atoms with E-state index >= 15 is 0 Å². The van der Waals surface area contributed by atoms with Crippen molar-refractivity contribution in [3.05, 3.63) is 25.3 Å². The molecule has 0 aliphatic heterocycles. The molecule has 228 valence electrons. The number of halogens is 18. The summed E-state index contributed by atoms with van der Waals surface area (Å²) in [6, 6.07) is 0. The molecule has 0 fully saturated rings. The van der Waals surface area contributed by atoms with Crippen LogP contribution in [-0.4, -0.2) is 79.2 Å². The number of nitrogens with one attached hydrogen (secondary N) is 1. The molecule has 0 aromatic heterocycles. The molecule has 0 aromatic carbocycles. The second-order valence-corrected chi connectivity index (χ2v) is 8.06. The SMILES string of the molecule is C=CCNCC=C.O=S(=O)(O)C(F)(F)C(F)(F)C(F)(F)C(F)(F)C(F)(F)C(F)(F)C(F)(F)C(F)(F)C(F)F. The molecule has 0 aliphatic rings. The first-order valence-electron chi connectivity index (χ1n) is 8.56. The second kappa shape index (κ2) is 11.3. The van der Waals surface area contributed by atoms with E-state index < -0.39 is 63.3 Å². The van der Waals surface area contributed by atoms with Gasteiger partial charge in [0.25, 0.3) is 0 Å². The smallest absolute Gasteiger partial charge is 0.310 e. The van der Waals surface area contributed by atoms with Gasteiger partial charge in [0, 0.05) is 13.1 Å². The maximum atomic E-state index is 13.2. The molecular weight excluding hydrogens is 616 g/mol. The van der Waals surface area contributed by atoms with Crippen LogP contribution in [0.15, 0.2) is 25.3 Å². The fourth-order valence-corrected chi connectivity index (χ4v) is 2.22. The van der Waals surface area contributed by atoms with Gasteiger partial charge >= 0.3 is 63.3 Å². The van der Waals surface area contributed by atoms with E-state index in [-0.39, 0.29) is 0 Å². The lowest BCUT2D eigenvalue weighted by atomic mass is 9.89. The van der Waals surface area contributed by atoms with Crippen LogP contribution in [0.1, 0.15) is 0 Å². The highest BCUT2D eigenvalue weighted by Gasteiger charge is 2.96. The minimum absolute atomic E-state index is 0.867. The van der Waals surface area contributed by atoms with Crippen molar-refractivity contribution in [2.45, 2.75) is 53.1 Å². The lowest BCUT2D eigenvalue weighted by Gasteiger charge is -2.43. The molecular formula is C15H13F18NO3S. The minimum atomic E-state index is -8.98. The Morgan fingerprint density at radius 2 is 0.868 bits per heavy atom. The topological polar surface area (TPSA) is 66.4 Å². The monoisotopic (exact) mass is 629 g/mol. The molecule has 0 rings (SSSR count). The Morgan fingerprint density at radius 3 is 1.11 bits per heavy atom. The van der Waals surface area contributed by atoms with Gasteiger partial charge in [0.1, 0.15) is 0 Å². The molecule has 0 unspecified atom stereocenters.